The van der Waals surface area contributed by atoms with Gasteiger partial charge in [-0.25, -0.2) is 8.42 Å². The number of hydrogen-bond acceptors (Lipinski definition) is 4. The van der Waals surface area contributed by atoms with E-state index < -0.39 is 27.4 Å². The van der Waals surface area contributed by atoms with E-state index in [1.807, 2.05) is 13.8 Å². The Kier molecular flexibility index (Phi) is 7.77. The van der Waals surface area contributed by atoms with Crippen molar-refractivity contribution >= 4 is 21.9 Å². The molecule has 0 saturated carbocycles. The number of nitrogens with zero attached hydrogens (tertiary/aromatic N) is 1. The highest BCUT2D eigenvalue weighted by molar-refractivity contribution is 7.89. The highest BCUT2D eigenvalue weighted by atomic mass is 32.2. The maximum absolute atomic E-state index is 12.6. The van der Waals surface area contributed by atoms with E-state index in [-0.39, 0.29) is 16.9 Å². The maximum atomic E-state index is 12.6. The minimum atomic E-state index is -3.67. The molecule has 0 aliphatic rings. The Morgan fingerprint density at radius 2 is 1.69 bits per heavy atom. The van der Waals surface area contributed by atoms with Crippen LogP contribution in [0.15, 0.2) is 29.2 Å². The summed E-state index contributed by atoms with van der Waals surface area (Å²) in [7, 11) is -3.67. The van der Waals surface area contributed by atoms with Crippen molar-refractivity contribution < 1.29 is 23.1 Å². The molecule has 8 heteroatoms. The van der Waals surface area contributed by atoms with Crippen LogP contribution in [0.5, 0.6) is 0 Å². The van der Waals surface area contributed by atoms with Gasteiger partial charge in [0.15, 0.2) is 0 Å². The van der Waals surface area contributed by atoms with E-state index in [4.69, 9.17) is 5.11 Å². The zero-order valence-electron chi connectivity index (χ0n) is 15.8. The highest BCUT2D eigenvalue weighted by Crippen LogP contribution is 2.22. The normalized spacial score (nSPS) is 12.2. The first kappa shape index (κ1) is 22.1. The van der Waals surface area contributed by atoms with Gasteiger partial charge in [0.25, 0.3) is 5.91 Å². The van der Waals surface area contributed by atoms with Crippen LogP contribution in [0.4, 0.5) is 0 Å². The zero-order valence-corrected chi connectivity index (χ0v) is 16.6. The van der Waals surface area contributed by atoms with Gasteiger partial charge >= 0.3 is 5.97 Å². The van der Waals surface area contributed by atoms with E-state index in [0.717, 1.165) is 0 Å². The number of nitrogens with one attached hydrogen (secondary N) is 1. The fourth-order valence-corrected chi connectivity index (χ4v) is 4.34. The average Bonchev–Trinajstić information content (AvgIpc) is 2.61. The second-order valence-corrected chi connectivity index (χ2v) is 8.07. The van der Waals surface area contributed by atoms with Crippen LogP contribution in [0.2, 0.25) is 0 Å². The Hall–Kier alpha value is -1.93. The lowest BCUT2D eigenvalue weighted by molar-refractivity contribution is -0.138. The van der Waals surface area contributed by atoms with Crippen LogP contribution < -0.4 is 5.32 Å². The Morgan fingerprint density at radius 1 is 1.12 bits per heavy atom. The summed E-state index contributed by atoms with van der Waals surface area (Å²) in [6, 6.07) is 5.82. The van der Waals surface area contributed by atoms with Crippen LogP contribution in [0.1, 0.15) is 57.3 Å². The third-order valence-corrected chi connectivity index (χ3v) is 6.71. The van der Waals surface area contributed by atoms with Gasteiger partial charge < -0.3 is 10.4 Å². The summed E-state index contributed by atoms with van der Waals surface area (Å²) in [5, 5.41) is 11.9. The van der Waals surface area contributed by atoms with Crippen molar-refractivity contribution in [3.8, 4) is 0 Å². The monoisotopic (exact) mass is 384 g/mol. The van der Waals surface area contributed by atoms with Crippen molar-refractivity contribution in [1.82, 2.24) is 9.62 Å². The molecule has 0 aromatic heterocycles. The molecular weight excluding hydrogens is 356 g/mol. The summed E-state index contributed by atoms with van der Waals surface area (Å²) >= 11 is 0. The molecule has 0 spiro atoms. The molecule has 0 atom stereocenters. The molecule has 0 bridgehead atoms. The largest absolute Gasteiger partial charge is 0.481 e. The van der Waals surface area contributed by atoms with E-state index in [0.29, 0.717) is 25.9 Å². The molecule has 1 aromatic rings. The SMILES string of the molecule is CCN(CC)S(=O)(=O)c1cccc(C(=O)NC(CC)(CC)CC(=O)O)c1. The van der Waals surface area contributed by atoms with Gasteiger partial charge in [-0.05, 0) is 31.0 Å². The zero-order chi connectivity index (χ0) is 20.0. The van der Waals surface area contributed by atoms with E-state index in [1.165, 1.54) is 28.6 Å². The number of amides is 1. The number of benzene rings is 1. The van der Waals surface area contributed by atoms with E-state index in [9.17, 15) is 18.0 Å². The number of rotatable bonds is 10. The molecule has 1 amide bonds. The molecule has 26 heavy (non-hydrogen) atoms. The molecular formula is C18H28N2O5S. The lowest BCUT2D eigenvalue weighted by atomic mass is 9.88. The third kappa shape index (κ3) is 5.04. The molecule has 0 radical (unpaired) electrons. The van der Waals surface area contributed by atoms with Gasteiger partial charge in [-0.3, -0.25) is 9.59 Å². The maximum Gasteiger partial charge on any atom is 0.305 e. The predicted molar refractivity (Wildman–Crippen MR) is 99.6 cm³/mol. The molecule has 1 aromatic carbocycles. The highest BCUT2D eigenvalue weighted by Gasteiger charge is 2.31. The van der Waals surface area contributed by atoms with Crippen molar-refractivity contribution in [1.29, 1.82) is 0 Å². The van der Waals surface area contributed by atoms with Crippen molar-refractivity contribution in [2.45, 2.75) is 57.4 Å². The van der Waals surface area contributed by atoms with Gasteiger partial charge in [0.1, 0.15) is 0 Å². The first-order valence-corrected chi connectivity index (χ1v) is 10.2. The Labute approximate surface area is 155 Å². The standard InChI is InChI=1S/C18H28N2O5S/c1-5-18(6-2,13-16(21)22)19-17(23)14-10-9-11-15(12-14)26(24,25)20(7-3)8-4/h9-12H,5-8,13H2,1-4H3,(H,19,23)(H,21,22). The minimum Gasteiger partial charge on any atom is -0.481 e. The third-order valence-electron chi connectivity index (χ3n) is 4.66. The second-order valence-electron chi connectivity index (χ2n) is 6.13. The molecule has 7 nitrogen and oxygen atoms in total. The number of carboxylic acid groups (broad SMARTS) is 1. The fraction of sp³-hybridized carbons (Fsp3) is 0.556. The molecule has 0 saturated heterocycles. The van der Waals surface area contributed by atoms with Gasteiger partial charge in [-0.15, -0.1) is 0 Å². The molecule has 0 heterocycles. The minimum absolute atomic E-state index is 0.0469. The number of aliphatic carboxylic acids is 1. The fourth-order valence-electron chi connectivity index (χ4n) is 2.83. The van der Waals surface area contributed by atoms with Crippen LogP contribution in [-0.4, -0.2) is 48.3 Å². The van der Waals surface area contributed by atoms with Crippen molar-refractivity contribution in [2.24, 2.45) is 0 Å². The second kappa shape index (κ2) is 9.14. The molecule has 0 unspecified atom stereocenters. The predicted octanol–water partition coefficient (Wildman–Crippen LogP) is 2.48. The van der Waals surface area contributed by atoms with E-state index in [1.54, 1.807) is 13.8 Å². The van der Waals surface area contributed by atoms with Gasteiger partial charge in [0.05, 0.1) is 16.9 Å². The molecule has 1 rings (SSSR count). The average molecular weight is 384 g/mol. The molecule has 2 N–H and O–H groups in total. The quantitative estimate of drug-likeness (QED) is 0.645. The van der Waals surface area contributed by atoms with Gasteiger partial charge in [0.2, 0.25) is 10.0 Å². The molecule has 0 aliphatic heterocycles. The van der Waals surface area contributed by atoms with Gasteiger partial charge in [-0.1, -0.05) is 33.8 Å². The van der Waals surface area contributed by atoms with Crippen molar-refractivity contribution in [3.63, 3.8) is 0 Å². The van der Waals surface area contributed by atoms with Crippen LogP contribution in [0.25, 0.3) is 0 Å². The van der Waals surface area contributed by atoms with Crippen LogP contribution in [-0.2, 0) is 14.8 Å². The molecule has 0 fully saturated rings. The smallest absolute Gasteiger partial charge is 0.305 e. The molecule has 146 valence electrons. The Bertz CT molecular complexity index is 738. The lowest BCUT2D eigenvalue weighted by Crippen LogP contribution is -2.49. The van der Waals surface area contributed by atoms with Crippen LogP contribution in [0.3, 0.4) is 0 Å². The summed E-state index contributed by atoms with van der Waals surface area (Å²) in [6.45, 7) is 7.80. The van der Waals surface area contributed by atoms with Gasteiger partial charge in [-0.2, -0.15) is 4.31 Å². The summed E-state index contributed by atoms with van der Waals surface area (Å²) in [4.78, 5) is 23.8. The summed E-state index contributed by atoms with van der Waals surface area (Å²) < 4.78 is 26.6. The van der Waals surface area contributed by atoms with Gasteiger partial charge in [0, 0.05) is 18.7 Å². The number of carboxylic acids is 1. The van der Waals surface area contributed by atoms with Crippen LogP contribution in [0, 0.1) is 0 Å². The first-order valence-electron chi connectivity index (χ1n) is 8.80. The van der Waals surface area contributed by atoms with Crippen LogP contribution >= 0.6 is 0 Å². The Balaban J connectivity index is 3.17. The molecule has 0 aliphatic carbocycles. The lowest BCUT2D eigenvalue weighted by Gasteiger charge is -2.31. The summed E-state index contributed by atoms with van der Waals surface area (Å²) in [5.74, 6) is -1.47. The number of carbonyl (C=O) groups excluding carboxylic acids is 1. The summed E-state index contributed by atoms with van der Waals surface area (Å²) in [5.41, 5.74) is -0.675. The van der Waals surface area contributed by atoms with E-state index >= 15 is 0 Å². The number of sulfonamides is 1. The number of hydrogen-bond donors (Lipinski definition) is 2. The van der Waals surface area contributed by atoms with Crippen molar-refractivity contribution in [3.05, 3.63) is 29.8 Å². The first-order chi connectivity index (χ1) is 12.2. The van der Waals surface area contributed by atoms with E-state index in [2.05, 4.69) is 5.32 Å². The van der Waals surface area contributed by atoms with Crippen molar-refractivity contribution in [2.75, 3.05) is 13.1 Å². The topological polar surface area (TPSA) is 104 Å². The summed E-state index contributed by atoms with van der Waals surface area (Å²) in [6.07, 6.45) is 0.723. The number of carbonyl (C=O) groups is 2. The Morgan fingerprint density at radius 3 is 2.15 bits per heavy atom.